The molecule has 0 fully saturated rings. The third-order valence-corrected chi connectivity index (χ3v) is 2.73. The van der Waals surface area contributed by atoms with Crippen LogP contribution in [0.25, 0.3) is 0 Å². The molecule has 0 spiro atoms. The number of fused-ring (bicyclic) bond motifs is 1. The minimum absolute atomic E-state index is 0.0149. The summed E-state index contributed by atoms with van der Waals surface area (Å²) in [4.78, 5) is 13.1. The van der Waals surface area contributed by atoms with Crippen LogP contribution in [0.5, 0.6) is 5.75 Å². The number of nitrogen functional groups attached to an aromatic ring is 1. The fraction of sp³-hybridized carbons (Fsp3) is 0.364. The Balaban J connectivity index is 2.51. The summed E-state index contributed by atoms with van der Waals surface area (Å²) >= 11 is 0. The third kappa shape index (κ3) is 1.63. The van der Waals surface area contributed by atoms with Crippen LogP contribution in [0.3, 0.4) is 0 Å². The van der Waals surface area contributed by atoms with Gasteiger partial charge in [-0.1, -0.05) is 0 Å². The van der Waals surface area contributed by atoms with Gasteiger partial charge in [0.1, 0.15) is 5.75 Å². The van der Waals surface area contributed by atoms with E-state index in [2.05, 4.69) is 0 Å². The highest BCUT2D eigenvalue weighted by Gasteiger charge is 2.21. The molecule has 0 aromatic heterocycles. The first-order valence-electron chi connectivity index (χ1n) is 4.99. The zero-order chi connectivity index (χ0) is 11.0. The van der Waals surface area contributed by atoms with Crippen LogP contribution in [-0.2, 0) is 11.2 Å². The summed E-state index contributed by atoms with van der Waals surface area (Å²) in [6.45, 7) is 2.27. The summed E-state index contributed by atoms with van der Waals surface area (Å²) < 4.78 is 0. The van der Waals surface area contributed by atoms with Gasteiger partial charge in [-0.05, 0) is 30.5 Å². The molecule has 0 saturated carbocycles. The number of carbonyl (C=O) groups is 1. The van der Waals surface area contributed by atoms with E-state index in [1.165, 1.54) is 6.92 Å². The molecule has 1 aliphatic rings. The Morgan fingerprint density at radius 1 is 1.53 bits per heavy atom. The molecule has 4 nitrogen and oxygen atoms in total. The predicted octanol–water partition coefficient (Wildman–Crippen LogP) is 1.27. The van der Waals surface area contributed by atoms with E-state index in [0.717, 1.165) is 30.6 Å². The Morgan fingerprint density at radius 2 is 2.27 bits per heavy atom. The van der Waals surface area contributed by atoms with Gasteiger partial charge in [0.25, 0.3) is 0 Å². The van der Waals surface area contributed by atoms with Crippen molar-refractivity contribution in [2.45, 2.75) is 19.8 Å². The number of nitrogens with zero attached hydrogens (tertiary/aromatic N) is 1. The number of aromatic hydroxyl groups is 1. The van der Waals surface area contributed by atoms with E-state index in [1.807, 2.05) is 0 Å². The molecule has 0 unspecified atom stereocenters. The highest BCUT2D eigenvalue weighted by Crippen LogP contribution is 2.34. The number of phenolic OH excluding ortho intramolecular Hbond substituents is 1. The van der Waals surface area contributed by atoms with Crippen molar-refractivity contribution in [1.29, 1.82) is 0 Å². The molecule has 4 heteroatoms. The number of hydrogen-bond donors (Lipinski definition) is 2. The zero-order valence-corrected chi connectivity index (χ0v) is 8.66. The van der Waals surface area contributed by atoms with E-state index in [1.54, 1.807) is 17.0 Å². The van der Waals surface area contributed by atoms with Crippen LogP contribution in [0, 0.1) is 0 Å². The first kappa shape index (κ1) is 9.83. The Morgan fingerprint density at radius 3 is 2.93 bits per heavy atom. The number of anilines is 2. The average molecular weight is 206 g/mol. The van der Waals surface area contributed by atoms with E-state index in [4.69, 9.17) is 5.73 Å². The summed E-state index contributed by atoms with van der Waals surface area (Å²) in [5.74, 6) is 0.111. The maximum Gasteiger partial charge on any atom is 0.223 e. The Bertz CT molecular complexity index is 415. The van der Waals surface area contributed by atoms with Gasteiger partial charge in [0.15, 0.2) is 0 Å². The minimum Gasteiger partial charge on any atom is -0.506 e. The number of benzene rings is 1. The molecular weight excluding hydrogens is 192 g/mol. The number of carbonyl (C=O) groups excluding carboxylic acids is 1. The smallest absolute Gasteiger partial charge is 0.223 e. The van der Waals surface area contributed by atoms with Gasteiger partial charge in [0, 0.05) is 19.2 Å². The van der Waals surface area contributed by atoms with E-state index in [-0.39, 0.29) is 11.7 Å². The molecule has 0 aliphatic carbocycles. The van der Waals surface area contributed by atoms with Crippen LogP contribution in [0.2, 0.25) is 0 Å². The first-order chi connectivity index (χ1) is 7.09. The van der Waals surface area contributed by atoms with Crippen LogP contribution in [0.4, 0.5) is 11.4 Å². The summed E-state index contributed by atoms with van der Waals surface area (Å²) in [5.41, 5.74) is 7.77. The number of amides is 1. The third-order valence-electron chi connectivity index (χ3n) is 2.73. The summed E-state index contributed by atoms with van der Waals surface area (Å²) in [7, 11) is 0. The number of nitrogens with two attached hydrogens (primary N) is 1. The quantitative estimate of drug-likeness (QED) is 0.496. The van der Waals surface area contributed by atoms with E-state index >= 15 is 0 Å². The molecular formula is C11H14N2O2. The van der Waals surface area contributed by atoms with E-state index in [9.17, 15) is 9.90 Å². The molecule has 0 saturated heterocycles. The van der Waals surface area contributed by atoms with Crippen molar-refractivity contribution in [3.05, 3.63) is 17.7 Å². The van der Waals surface area contributed by atoms with Crippen LogP contribution in [0.1, 0.15) is 18.9 Å². The molecule has 15 heavy (non-hydrogen) atoms. The van der Waals surface area contributed by atoms with E-state index < -0.39 is 0 Å². The number of rotatable bonds is 0. The highest BCUT2D eigenvalue weighted by molar-refractivity contribution is 5.93. The molecule has 3 N–H and O–H groups in total. The standard InChI is InChI=1S/C11H14N2O2/c1-7(14)13-4-2-3-8-5-11(15)9(12)6-10(8)13/h5-6,15H,2-4,12H2,1H3. The molecule has 1 amide bonds. The molecule has 0 bridgehead atoms. The number of hydrogen-bond acceptors (Lipinski definition) is 3. The predicted molar refractivity (Wildman–Crippen MR) is 58.9 cm³/mol. The fourth-order valence-electron chi connectivity index (χ4n) is 1.96. The SMILES string of the molecule is CC(=O)N1CCCc2cc(O)c(N)cc21. The van der Waals surface area contributed by atoms with Crippen molar-refractivity contribution >= 4 is 17.3 Å². The van der Waals surface area contributed by atoms with Crippen molar-refractivity contribution in [2.24, 2.45) is 0 Å². The van der Waals surface area contributed by atoms with Gasteiger partial charge >= 0.3 is 0 Å². The van der Waals surface area contributed by atoms with Gasteiger partial charge in [0.05, 0.1) is 5.69 Å². The monoisotopic (exact) mass is 206 g/mol. The van der Waals surface area contributed by atoms with Gasteiger partial charge < -0.3 is 15.7 Å². The Labute approximate surface area is 88.3 Å². The molecule has 1 heterocycles. The molecule has 2 rings (SSSR count). The van der Waals surface area contributed by atoms with Crippen molar-refractivity contribution < 1.29 is 9.90 Å². The zero-order valence-electron chi connectivity index (χ0n) is 8.66. The lowest BCUT2D eigenvalue weighted by Crippen LogP contribution is -2.33. The molecule has 1 aromatic carbocycles. The largest absolute Gasteiger partial charge is 0.506 e. The fourth-order valence-corrected chi connectivity index (χ4v) is 1.96. The normalized spacial score (nSPS) is 14.9. The van der Waals surface area contributed by atoms with Crippen LogP contribution < -0.4 is 10.6 Å². The van der Waals surface area contributed by atoms with Crippen molar-refractivity contribution in [2.75, 3.05) is 17.2 Å². The second-order valence-corrected chi connectivity index (χ2v) is 3.81. The molecule has 0 radical (unpaired) electrons. The topological polar surface area (TPSA) is 66.6 Å². The summed E-state index contributed by atoms with van der Waals surface area (Å²) in [6, 6.07) is 3.32. The Kier molecular flexibility index (Phi) is 2.26. The van der Waals surface area contributed by atoms with Gasteiger partial charge in [-0.3, -0.25) is 4.79 Å². The van der Waals surface area contributed by atoms with Gasteiger partial charge in [0.2, 0.25) is 5.91 Å². The van der Waals surface area contributed by atoms with E-state index in [0.29, 0.717) is 5.69 Å². The first-order valence-corrected chi connectivity index (χ1v) is 4.99. The molecule has 1 aromatic rings. The van der Waals surface area contributed by atoms with Crippen molar-refractivity contribution in [3.63, 3.8) is 0 Å². The maximum absolute atomic E-state index is 11.4. The minimum atomic E-state index is 0.0149. The molecule has 1 aliphatic heterocycles. The van der Waals surface area contributed by atoms with Gasteiger partial charge in [-0.2, -0.15) is 0 Å². The van der Waals surface area contributed by atoms with Crippen LogP contribution >= 0.6 is 0 Å². The second kappa shape index (κ2) is 3.46. The summed E-state index contributed by atoms with van der Waals surface area (Å²) in [6.07, 6.45) is 1.81. The lowest BCUT2D eigenvalue weighted by atomic mass is 10.0. The second-order valence-electron chi connectivity index (χ2n) is 3.81. The molecule has 0 atom stereocenters. The Hall–Kier alpha value is -1.71. The number of phenols is 1. The number of aryl methyl sites for hydroxylation is 1. The van der Waals surface area contributed by atoms with Crippen molar-refractivity contribution in [3.8, 4) is 5.75 Å². The summed E-state index contributed by atoms with van der Waals surface area (Å²) in [5, 5.41) is 9.47. The lowest BCUT2D eigenvalue weighted by Gasteiger charge is -2.29. The van der Waals surface area contributed by atoms with Crippen LogP contribution in [0.15, 0.2) is 12.1 Å². The van der Waals surface area contributed by atoms with Gasteiger partial charge in [-0.15, -0.1) is 0 Å². The van der Waals surface area contributed by atoms with Crippen molar-refractivity contribution in [1.82, 2.24) is 0 Å². The highest BCUT2D eigenvalue weighted by atomic mass is 16.3. The lowest BCUT2D eigenvalue weighted by molar-refractivity contribution is -0.116. The van der Waals surface area contributed by atoms with Gasteiger partial charge in [-0.25, -0.2) is 0 Å². The van der Waals surface area contributed by atoms with Crippen LogP contribution in [-0.4, -0.2) is 17.6 Å². The average Bonchev–Trinajstić information content (AvgIpc) is 2.18. The molecule has 80 valence electrons. The maximum atomic E-state index is 11.4.